The van der Waals surface area contributed by atoms with Gasteiger partial charge in [0.05, 0.1) is 18.5 Å². The second-order valence-electron chi connectivity index (χ2n) is 8.24. The van der Waals surface area contributed by atoms with E-state index < -0.39 is 23.0 Å². The Balaban J connectivity index is 1.87. The summed E-state index contributed by atoms with van der Waals surface area (Å²) in [5.74, 6) is -0.309. The number of ether oxygens (including phenoxy) is 2. The first-order valence-electron chi connectivity index (χ1n) is 10.2. The number of anilines is 2. The number of aryl methyl sites for hydroxylation is 1. The van der Waals surface area contributed by atoms with Crippen molar-refractivity contribution in [2.75, 3.05) is 17.7 Å². The quantitative estimate of drug-likeness (QED) is 0.604. The van der Waals surface area contributed by atoms with Crippen LogP contribution >= 0.6 is 0 Å². The van der Waals surface area contributed by atoms with Crippen LogP contribution in [0, 0.1) is 6.92 Å². The van der Waals surface area contributed by atoms with Gasteiger partial charge in [-0.3, -0.25) is 14.9 Å². The molecule has 0 atom stereocenters. The average Bonchev–Trinajstić information content (AvgIpc) is 2.73. The fourth-order valence-corrected chi connectivity index (χ4v) is 3.02. The molecule has 1 heterocycles. The number of methoxy groups -OCH3 is 1. The van der Waals surface area contributed by atoms with Crippen molar-refractivity contribution < 1.29 is 19.1 Å². The van der Waals surface area contributed by atoms with Crippen molar-refractivity contribution in [3.8, 4) is 11.4 Å². The van der Waals surface area contributed by atoms with Crippen LogP contribution in [0.5, 0.6) is 5.75 Å². The van der Waals surface area contributed by atoms with E-state index in [4.69, 9.17) is 9.47 Å². The number of carbonyl (C=O) groups excluding carboxylic acids is 2. The van der Waals surface area contributed by atoms with Crippen molar-refractivity contribution in [2.45, 2.75) is 33.3 Å². The Labute approximate surface area is 191 Å². The standard InChI is InChI=1S/C24H26N4O5/c1-15-13-19(29)21(27-28(15)17-9-7-6-8-10-17)22(30)25-16-11-12-20(32-5)18(14-16)26-23(31)33-24(2,3)4/h6-14H,1-5H3,(H,25,30)(H,26,31). The Morgan fingerprint density at radius 1 is 1.00 bits per heavy atom. The minimum atomic E-state index is -0.682. The molecular formula is C24H26N4O5. The van der Waals surface area contributed by atoms with Crippen LogP contribution in [0.3, 0.4) is 0 Å². The van der Waals surface area contributed by atoms with Crippen LogP contribution in [0.4, 0.5) is 16.2 Å². The molecule has 1 aromatic heterocycles. The molecule has 0 aliphatic carbocycles. The zero-order valence-corrected chi connectivity index (χ0v) is 19.1. The van der Waals surface area contributed by atoms with Crippen molar-refractivity contribution in [3.05, 3.63) is 76.2 Å². The molecule has 0 fully saturated rings. The van der Waals surface area contributed by atoms with E-state index in [0.29, 0.717) is 22.8 Å². The van der Waals surface area contributed by atoms with E-state index in [-0.39, 0.29) is 5.69 Å². The summed E-state index contributed by atoms with van der Waals surface area (Å²) in [5, 5.41) is 9.51. The molecule has 2 N–H and O–H groups in total. The predicted octanol–water partition coefficient (Wildman–Crippen LogP) is 4.15. The molecule has 0 saturated carbocycles. The van der Waals surface area contributed by atoms with E-state index in [1.807, 2.05) is 30.3 Å². The molecule has 0 bridgehead atoms. The summed E-state index contributed by atoms with van der Waals surface area (Å²) in [4.78, 5) is 37.5. The van der Waals surface area contributed by atoms with E-state index in [1.165, 1.54) is 23.9 Å². The fraction of sp³-hybridized carbons (Fsp3) is 0.250. The summed E-state index contributed by atoms with van der Waals surface area (Å²) in [5.41, 5.74) is 0.495. The lowest BCUT2D eigenvalue weighted by atomic mass is 10.2. The van der Waals surface area contributed by atoms with Gasteiger partial charge in [-0.15, -0.1) is 0 Å². The van der Waals surface area contributed by atoms with Crippen molar-refractivity contribution in [2.24, 2.45) is 0 Å². The third kappa shape index (κ3) is 5.97. The summed E-state index contributed by atoms with van der Waals surface area (Å²) < 4.78 is 12.1. The molecule has 0 aliphatic rings. The number of amides is 2. The molecule has 33 heavy (non-hydrogen) atoms. The van der Waals surface area contributed by atoms with E-state index in [0.717, 1.165) is 5.69 Å². The van der Waals surface area contributed by atoms with Crippen molar-refractivity contribution in [1.82, 2.24) is 9.78 Å². The summed E-state index contributed by atoms with van der Waals surface area (Å²) in [6, 6.07) is 15.2. The van der Waals surface area contributed by atoms with Gasteiger partial charge in [0, 0.05) is 17.4 Å². The molecule has 2 aromatic carbocycles. The summed E-state index contributed by atoms with van der Waals surface area (Å²) >= 11 is 0. The predicted molar refractivity (Wildman–Crippen MR) is 125 cm³/mol. The third-order valence-electron chi connectivity index (χ3n) is 4.42. The number of hydrogen-bond acceptors (Lipinski definition) is 6. The maximum atomic E-state index is 12.9. The number of hydrogen-bond donors (Lipinski definition) is 2. The van der Waals surface area contributed by atoms with Gasteiger partial charge in [-0.05, 0) is 58.0 Å². The number of nitrogens with zero attached hydrogens (tertiary/aromatic N) is 2. The van der Waals surface area contributed by atoms with E-state index in [2.05, 4.69) is 15.7 Å². The van der Waals surface area contributed by atoms with Gasteiger partial charge in [0.15, 0.2) is 5.69 Å². The molecule has 3 rings (SSSR count). The van der Waals surface area contributed by atoms with Gasteiger partial charge in [-0.2, -0.15) is 5.10 Å². The lowest BCUT2D eigenvalue weighted by Gasteiger charge is -2.20. The topological polar surface area (TPSA) is 112 Å². The minimum absolute atomic E-state index is 0.262. The Kier molecular flexibility index (Phi) is 6.81. The molecular weight excluding hydrogens is 424 g/mol. The van der Waals surface area contributed by atoms with Gasteiger partial charge in [0.25, 0.3) is 5.91 Å². The fourth-order valence-electron chi connectivity index (χ4n) is 3.02. The highest BCUT2D eigenvalue weighted by molar-refractivity contribution is 6.03. The smallest absolute Gasteiger partial charge is 0.412 e. The molecule has 0 spiro atoms. The highest BCUT2D eigenvalue weighted by Crippen LogP contribution is 2.28. The minimum Gasteiger partial charge on any atom is -0.495 e. The van der Waals surface area contributed by atoms with Gasteiger partial charge in [0.1, 0.15) is 11.4 Å². The highest BCUT2D eigenvalue weighted by Gasteiger charge is 2.19. The number of para-hydroxylation sites is 1. The normalized spacial score (nSPS) is 10.9. The van der Waals surface area contributed by atoms with Crippen molar-refractivity contribution >= 4 is 23.4 Å². The maximum Gasteiger partial charge on any atom is 0.412 e. The molecule has 0 saturated heterocycles. The van der Waals surface area contributed by atoms with Crippen LogP contribution in [-0.4, -0.2) is 34.5 Å². The molecule has 9 nitrogen and oxygen atoms in total. The second kappa shape index (κ2) is 9.56. The van der Waals surface area contributed by atoms with E-state index in [1.54, 1.807) is 39.8 Å². The first-order chi connectivity index (χ1) is 15.6. The Morgan fingerprint density at radius 2 is 1.70 bits per heavy atom. The Bertz CT molecular complexity index is 1230. The summed E-state index contributed by atoms with van der Waals surface area (Å²) in [6.07, 6.45) is -0.671. The first-order valence-corrected chi connectivity index (χ1v) is 10.2. The number of carbonyl (C=O) groups is 2. The van der Waals surface area contributed by atoms with Crippen LogP contribution < -0.4 is 20.8 Å². The molecule has 0 unspecified atom stereocenters. The van der Waals surface area contributed by atoms with Gasteiger partial charge < -0.3 is 14.8 Å². The first kappa shape index (κ1) is 23.5. The van der Waals surface area contributed by atoms with Crippen molar-refractivity contribution in [1.29, 1.82) is 0 Å². The molecule has 3 aromatic rings. The monoisotopic (exact) mass is 450 g/mol. The van der Waals surface area contributed by atoms with Gasteiger partial charge >= 0.3 is 6.09 Å². The Morgan fingerprint density at radius 3 is 2.33 bits per heavy atom. The number of nitrogens with one attached hydrogen (secondary N) is 2. The summed E-state index contributed by atoms with van der Waals surface area (Å²) in [7, 11) is 1.45. The number of aromatic nitrogens is 2. The third-order valence-corrected chi connectivity index (χ3v) is 4.42. The molecule has 0 radical (unpaired) electrons. The van der Waals surface area contributed by atoms with Gasteiger partial charge in [-0.1, -0.05) is 18.2 Å². The van der Waals surface area contributed by atoms with Crippen LogP contribution in [0.25, 0.3) is 5.69 Å². The van der Waals surface area contributed by atoms with Crippen LogP contribution in [0.15, 0.2) is 59.4 Å². The van der Waals surface area contributed by atoms with Crippen molar-refractivity contribution in [3.63, 3.8) is 0 Å². The average molecular weight is 450 g/mol. The number of benzene rings is 2. The van der Waals surface area contributed by atoms with E-state index >= 15 is 0 Å². The summed E-state index contributed by atoms with van der Waals surface area (Å²) in [6.45, 7) is 6.98. The zero-order valence-electron chi connectivity index (χ0n) is 19.1. The lowest BCUT2D eigenvalue weighted by molar-refractivity contribution is 0.0635. The zero-order chi connectivity index (χ0) is 24.2. The van der Waals surface area contributed by atoms with Gasteiger partial charge in [-0.25, -0.2) is 9.48 Å². The molecule has 9 heteroatoms. The van der Waals surface area contributed by atoms with Gasteiger partial charge in [0.2, 0.25) is 5.43 Å². The lowest BCUT2D eigenvalue weighted by Crippen LogP contribution is -2.28. The number of rotatable bonds is 5. The maximum absolute atomic E-state index is 12.9. The SMILES string of the molecule is COc1ccc(NC(=O)c2nn(-c3ccccc3)c(C)cc2=O)cc1NC(=O)OC(C)(C)C. The van der Waals surface area contributed by atoms with Crippen LogP contribution in [0.2, 0.25) is 0 Å². The Hall–Kier alpha value is -4.14. The van der Waals surface area contributed by atoms with Crippen LogP contribution in [-0.2, 0) is 4.74 Å². The molecule has 172 valence electrons. The molecule has 2 amide bonds. The molecule has 0 aliphatic heterocycles. The largest absolute Gasteiger partial charge is 0.495 e. The van der Waals surface area contributed by atoms with E-state index in [9.17, 15) is 14.4 Å². The highest BCUT2D eigenvalue weighted by atomic mass is 16.6. The second-order valence-corrected chi connectivity index (χ2v) is 8.24. The van der Waals surface area contributed by atoms with Crippen LogP contribution in [0.1, 0.15) is 37.0 Å².